The first kappa shape index (κ1) is 28.1. The van der Waals surface area contributed by atoms with E-state index in [9.17, 15) is 24.3 Å². The van der Waals surface area contributed by atoms with Gasteiger partial charge in [0.25, 0.3) is 5.56 Å². The number of carboxylic acids is 1. The van der Waals surface area contributed by atoms with Crippen molar-refractivity contribution in [3.05, 3.63) is 87.8 Å². The quantitative estimate of drug-likeness (QED) is 0.398. The topological polar surface area (TPSA) is 123 Å². The molecule has 6 rings (SSSR count). The molecule has 4 unspecified atom stereocenters. The second kappa shape index (κ2) is 11.0. The molecule has 2 amide bonds. The van der Waals surface area contributed by atoms with E-state index in [2.05, 4.69) is 5.32 Å². The predicted molar refractivity (Wildman–Crippen MR) is 154 cm³/mol. The normalized spacial score (nSPS) is 26.1. The van der Waals surface area contributed by atoms with Gasteiger partial charge in [0.15, 0.2) is 5.54 Å². The Kier molecular flexibility index (Phi) is 7.36. The molecule has 1 saturated carbocycles. The summed E-state index contributed by atoms with van der Waals surface area (Å²) in [5.41, 5.74) is 0.109. The van der Waals surface area contributed by atoms with Crippen molar-refractivity contribution in [3.63, 3.8) is 0 Å². The number of carbonyl (C=O) groups excluding carboxylic acids is 2. The Balaban J connectivity index is 1.44. The number of nitrogens with one attached hydrogen (secondary N) is 1. The number of carbonyl (C=O) groups is 3. The van der Waals surface area contributed by atoms with Crippen molar-refractivity contribution in [2.75, 3.05) is 6.61 Å². The van der Waals surface area contributed by atoms with Crippen molar-refractivity contribution in [1.82, 2.24) is 19.6 Å². The van der Waals surface area contributed by atoms with Crippen LogP contribution >= 0.6 is 0 Å². The Labute approximate surface area is 243 Å². The molecule has 0 spiro atoms. The Morgan fingerprint density at radius 3 is 2.26 bits per heavy atom. The molecule has 3 aromatic rings. The maximum atomic E-state index is 14.2. The maximum Gasteiger partial charge on any atom is 0.327 e. The minimum absolute atomic E-state index is 0.138. The van der Waals surface area contributed by atoms with Crippen LogP contribution in [0.3, 0.4) is 0 Å². The second-order valence-corrected chi connectivity index (χ2v) is 11.7. The number of aliphatic carboxylic acids is 1. The molecule has 2 saturated heterocycles. The fourth-order valence-electron chi connectivity index (χ4n) is 7.21. The first-order chi connectivity index (χ1) is 20.3. The average Bonchev–Trinajstić information content (AvgIpc) is 3.56. The van der Waals surface area contributed by atoms with Crippen molar-refractivity contribution >= 4 is 17.8 Å². The van der Waals surface area contributed by atoms with E-state index in [1.165, 1.54) is 9.58 Å². The number of para-hydroxylation sites is 1. The van der Waals surface area contributed by atoms with Gasteiger partial charge >= 0.3 is 5.97 Å². The number of ether oxygens (including phenoxy) is 1. The lowest BCUT2D eigenvalue weighted by Crippen LogP contribution is -2.59. The van der Waals surface area contributed by atoms with Crippen LogP contribution in [-0.4, -0.2) is 55.3 Å². The summed E-state index contributed by atoms with van der Waals surface area (Å²) in [7, 11) is 1.75. The average molecular weight is 573 g/mol. The van der Waals surface area contributed by atoms with E-state index >= 15 is 0 Å². The number of rotatable bonds is 8. The molecule has 3 aliphatic rings. The van der Waals surface area contributed by atoms with Gasteiger partial charge in [-0.05, 0) is 37.5 Å². The van der Waals surface area contributed by atoms with Crippen LogP contribution < -0.4 is 10.9 Å². The number of fused-ring (bicyclic) bond motifs is 1. The maximum absolute atomic E-state index is 14.2. The zero-order valence-electron chi connectivity index (χ0n) is 23.9. The lowest BCUT2D eigenvalue weighted by Gasteiger charge is -2.34. The standard InChI is InChI=1S/C32H36N4O6/c1-20-24(29(38)36(34(20)2)23-16-10-5-11-17-23)27-25-26(30(39)35(28(25)37)22-14-8-4-9-15-22)32(33-27,31(40)41)19-42-18-21-12-6-3-7-13-21/h3,5-7,10-13,16-17,22,25-27,33H,4,8-9,14-15,18-19H2,1-2H3,(H,40,41). The van der Waals surface area contributed by atoms with Gasteiger partial charge in [-0.15, -0.1) is 0 Å². The number of hydrogen-bond acceptors (Lipinski definition) is 6. The van der Waals surface area contributed by atoms with Gasteiger partial charge in [-0.3, -0.25) is 34.1 Å². The monoisotopic (exact) mass is 572 g/mol. The summed E-state index contributed by atoms with van der Waals surface area (Å²) in [6.45, 7) is 1.57. The molecule has 220 valence electrons. The highest BCUT2D eigenvalue weighted by atomic mass is 16.5. The summed E-state index contributed by atoms with van der Waals surface area (Å²) in [5.74, 6) is -4.44. The molecular formula is C32H36N4O6. The summed E-state index contributed by atoms with van der Waals surface area (Å²) in [5, 5.41) is 13.9. The van der Waals surface area contributed by atoms with Crippen LogP contribution in [0.4, 0.5) is 0 Å². The zero-order chi connectivity index (χ0) is 29.6. The third kappa shape index (κ3) is 4.40. The summed E-state index contributed by atoms with van der Waals surface area (Å²) in [4.78, 5) is 56.9. The van der Waals surface area contributed by atoms with Gasteiger partial charge in [0, 0.05) is 18.8 Å². The number of hydrogen-bond donors (Lipinski definition) is 2. The van der Waals surface area contributed by atoms with Crippen molar-refractivity contribution < 1.29 is 24.2 Å². The van der Waals surface area contributed by atoms with Crippen LogP contribution in [0.25, 0.3) is 5.69 Å². The highest BCUT2D eigenvalue weighted by molar-refractivity contribution is 6.09. The number of aromatic nitrogens is 2. The fourth-order valence-corrected chi connectivity index (χ4v) is 7.21. The molecule has 2 N–H and O–H groups in total. The lowest BCUT2D eigenvalue weighted by molar-refractivity contribution is -0.155. The fraction of sp³-hybridized carbons (Fsp3) is 0.438. The summed E-state index contributed by atoms with van der Waals surface area (Å²) in [6.07, 6.45) is 4.25. The van der Waals surface area contributed by atoms with Gasteiger partial charge in [-0.2, -0.15) is 0 Å². The van der Waals surface area contributed by atoms with Gasteiger partial charge in [0.1, 0.15) is 0 Å². The number of benzene rings is 2. The van der Waals surface area contributed by atoms with Crippen molar-refractivity contribution in [3.8, 4) is 5.69 Å². The second-order valence-electron chi connectivity index (χ2n) is 11.7. The minimum atomic E-state index is -1.90. The SMILES string of the molecule is Cc1c(C2NC(COCc3ccccc3)(C(=O)O)C3C(=O)N(C4CCCCC4)C(=O)C23)c(=O)n(-c2ccccc2)n1C. The highest BCUT2D eigenvalue weighted by Crippen LogP contribution is 2.50. The van der Waals surface area contributed by atoms with Gasteiger partial charge in [-0.1, -0.05) is 67.8 Å². The molecule has 4 atom stereocenters. The number of carboxylic acid groups (broad SMARTS) is 1. The Bertz CT molecular complexity index is 1560. The number of likely N-dealkylation sites (tertiary alicyclic amines) is 1. The van der Waals surface area contributed by atoms with E-state index in [4.69, 9.17) is 4.74 Å². The van der Waals surface area contributed by atoms with E-state index in [0.717, 1.165) is 24.8 Å². The van der Waals surface area contributed by atoms with Crippen LogP contribution in [0.5, 0.6) is 0 Å². The Morgan fingerprint density at radius 1 is 0.976 bits per heavy atom. The first-order valence-electron chi connectivity index (χ1n) is 14.6. The van der Waals surface area contributed by atoms with E-state index in [-0.39, 0.29) is 30.4 Å². The molecule has 42 heavy (non-hydrogen) atoms. The number of nitrogens with zero attached hydrogens (tertiary/aromatic N) is 3. The van der Waals surface area contributed by atoms with Gasteiger partial charge in [0.05, 0.1) is 42.3 Å². The molecule has 2 aromatic carbocycles. The summed E-state index contributed by atoms with van der Waals surface area (Å²) >= 11 is 0. The van der Waals surface area contributed by atoms with Crippen molar-refractivity contribution in [1.29, 1.82) is 0 Å². The molecule has 3 fully saturated rings. The first-order valence-corrected chi connectivity index (χ1v) is 14.6. The molecule has 2 aliphatic heterocycles. The summed E-state index contributed by atoms with van der Waals surface area (Å²) in [6, 6.07) is 17.2. The van der Waals surface area contributed by atoms with Crippen LogP contribution in [-0.2, 0) is 32.8 Å². The number of imide groups is 1. The molecule has 3 heterocycles. The predicted octanol–water partition coefficient (Wildman–Crippen LogP) is 3.10. The number of amides is 2. The summed E-state index contributed by atoms with van der Waals surface area (Å²) < 4.78 is 9.18. The molecule has 1 aliphatic carbocycles. The molecular weight excluding hydrogens is 536 g/mol. The molecule has 10 heteroatoms. The van der Waals surface area contributed by atoms with Crippen LogP contribution in [0.15, 0.2) is 65.5 Å². The molecule has 10 nitrogen and oxygen atoms in total. The van der Waals surface area contributed by atoms with E-state index in [1.54, 1.807) is 18.7 Å². The van der Waals surface area contributed by atoms with Gasteiger partial charge in [0.2, 0.25) is 11.8 Å². The van der Waals surface area contributed by atoms with E-state index < -0.39 is 41.2 Å². The smallest absolute Gasteiger partial charge is 0.327 e. The minimum Gasteiger partial charge on any atom is -0.480 e. The molecule has 0 bridgehead atoms. The van der Waals surface area contributed by atoms with Gasteiger partial charge in [-0.25, -0.2) is 4.68 Å². The van der Waals surface area contributed by atoms with E-state index in [1.807, 2.05) is 60.7 Å². The lowest BCUT2D eigenvalue weighted by atomic mass is 9.79. The van der Waals surface area contributed by atoms with Crippen molar-refractivity contribution in [2.24, 2.45) is 18.9 Å². The van der Waals surface area contributed by atoms with Crippen LogP contribution in [0, 0.1) is 18.8 Å². The highest BCUT2D eigenvalue weighted by Gasteiger charge is 2.70. The zero-order valence-corrected chi connectivity index (χ0v) is 23.9. The third-order valence-corrected chi connectivity index (χ3v) is 9.36. The largest absolute Gasteiger partial charge is 0.480 e. The third-order valence-electron chi connectivity index (χ3n) is 9.36. The van der Waals surface area contributed by atoms with Gasteiger partial charge < -0.3 is 9.84 Å². The van der Waals surface area contributed by atoms with E-state index in [0.29, 0.717) is 24.2 Å². The van der Waals surface area contributed by atoms with Crippen molar-refractivity contribution in [2.45, 2.75) is 63.3 Å². The Morgan fingerprint density at radius 2 is 1.62 bits per heavy atom. The van der Waals surface area contributed by atoms with Crippen LogP contribution in [0.1, 0.15) is 55.0 Å². The van der Waals surface area contributed by atoms with Crippen LogP contribution in [0.2, 0.25) is 0 Å². The Hall–Kier alpha value is -4.02. The molecule has 0 radical (unpaired) electrons. The molecule has 1 aromatic heterocycles.